The number of rotatable bonds is 3. The highest BCUT2D eigenvalue weighted by Crippen LogP contribution is 2.38. The molecular formula is C21H19NO6. The lowest BCUT2D eigenvalue weighted by Crippen LogP contribution is -2.25. The van der Waals surface area contributed by atoms with Crippen LogP contribution in [0, 0.1) is 22.5 Å². The van der Waals surface area contributed by atoms with Crippen LogP contribution in [0.1, 0.15) is 42.3 Å². The minimum absolute atomic E-state index is 0.0536. The smallest absolute Gasteiger partial charge is 0.316 e. The second-order valence-corrected chi connectivity index (χ2v) is 7.54. The van der Waals surface area contributed by atoms with Crippen LogP contribution in [0.25, 0.3) is 6.08 Å². The van der Waals surface area contributed by atoms with E-state index >= 15 is 0 Å². The van der Waals surface area contributed by atoms with E-state index in [-0.39, 0.29) is 17.2 Å². The average molecular weight is 381 g/mol. The first kappa shape index (κ1) is 19.3. The zero-order chi connectivity index (χ0) is 20.6. The normalized spacial score (nSPS) is 14.6. The van der Waals surface area contributed by atoms with E-state index in [9.17, 15) is 19.7 Å². The van der Waals surface area contributed by atoms with Crippen molar-refractivity contribution in [3.63, 3.8) is 0 Å². The van der Waals surface area contributed by atoms with Crippen LogP contribution in [-0.4, -0.2) is 16.7 Å². The Labute approximate surface area is 161 Å². The van der Waals surface area contributed by atoms with Gasteiger partial charge in [0.05, 0.1) is 15.9 Å². The van der Waals surface area contributed by atoms with Crippen molar-refractivity contribution in [3.8, 4) is 11.5 Å². The van der Waals surface area contributed by atoms with Crippen molar-refractivity contribution in [1.29, 1.82) is 0 Å². The Kier molecular flexibility index (Phi) is 4.77. The third-order valence-electron chi connectivity index (χ3n) is 4.15. The average Bonchev–Trinajstić information content (AvgIpc) is 2.90. The summed E-state index contributed by atoms with van der Waals surface area (Å²) in [5.41, 5.74) is 0.720. The third kappa shape index (κ3) is 3.78. The molecule has 0 bridgehead atoms. The Hall–Kier alpha value is -3.48. The number of carbonyl (C=O) groups is 2. The van der Waals surface area contributed by atoms with Crippen molar-refractivity contribution in [2.75, 3.05) is 0 Å². The minimum Gasteiger partial charge on any atom is -0.452 e. The molecule has 2 aromatic carbocycles. The monoisotopic (exact) mass is 381 g/mol. The summed E-state index contributed by atoms with van der Waals surface area (Å²) in [5, 5.41) is 10.9. The first-order valence-corrected chi connectivity index (χ1v) is 8.62. The van der Waals surface area contributed by atoms with Gasteiger partial charge in [0, 0.05) is 18.2 Å². The summed E-state index contributed by atoms with van der Waals surface area (Å²) in [5.74, 6) is -0.0897. The molecule has 0 aromatic heterocycles. The Balaban J connectivity index is 1.92. The predicted octanol–water partition coefficient (Wildman–Crippen LogP) is 4.47. The number of benzene rings is 2. The second-order valence-electron chi connectivity index (χ2n) is 7.54. The quantitative estimate of drug-likeness (QED) is 0.256. The Morgan fingerprint density at radius 2 is 1.93 bits per heavy atom. The highest BCUT2D eigenvalue weighted by molar-refractivity contribution is 6.15. The lowest BCUT2D eigenvalue weighted by Gasteiger charge is -2.16. The molecule has 2 aromatic rings. The third-order valence-corrected chi connectivity index (χ3v) is 4.15. The van der Waals surface area contributed by atoms with E-state index in [0.717, 1.165) is 0 Å². The lowest BCUT2D eigenvalue weighted by atomic mass is 9.97. The molecule has 0 atom stereocenters. The molecule has 0 radical (unpaired) electrons. The topological polar surface area (TPSA) is 95.7 Å². The van der Waals surface area contributed by atoms with E-state index in [0.29, 0.717) is 28.2 Å². The van der Waals surface area contributed by atoms with Crippen molar-refractivity contribution < 1.29 is 24.0 Å². The lowest BCUT2D eigenvalue weighted by molar-refractivity contribution is -0.384. The maximum Gasteiger partial charge on any atom is 0.316 e. The molecule has 0 unspecified atom stereocenters. The Bertz CT molecular complexity index is 1030. The molecule has 7 heteroatoms. The van der Waals surface area contributed by atoms with Gasteiger partial charge in [-0.05, 0) is 51.0 Å². The van der Waals surface area contributed by atoms with Crippen molar-refractivity contribution in [2.45, 2.75) is 27.7 Å². The van der Waals surface area contributed by atoms with Crippen LogP contribution >= 0.6 is 0 Å². The van der Waals surface area contributed by atoms with Gasteiger partial charge in [0.15, 0.2) is 5.76 Å². The molecule has 1 heterocycles. The van der Waals surface area contributed by atoms with Gasteiger partial charge >= 0.3 is 5.97 Å². The number of ketones is 1. The number of allylic oxidation sites excluding steroid dienone is 1. The Morgan fingerprint density at radius 3 is 2.57 bits per heavy atom. The number of hydrogen-bond donors (Lipinski definition) is 0. The first-order chi connectivity index (χ1) is 13.1. The molecule has 1 aliphatic rings. The number of hydrogen-bond acceptors (Lipinski definition) is 6. The number of nitro groups is 1. The van der Waals surface area contributed by atoms with Crippen LogP contribution in [0.4, 0.5) is 5.69 Å². The fraction of sp³-hybridized carbons (Fsp3) is 0.238. The number of nitrogens with zero attached hydrogens (tertiary/aromatic N) is 1. The number of esters is 1. The molecule has 0 amide bonds. The summed E-state index contributed by atoms with van der Waals surface area (Å²) in [4.78, 5) is 35.2. The van der Waals surface area contributed by atoms with Gasteiger partial charge in [-0.1, -0.05) is 12.1 Å². The summed E-state index contributed by atoms with van der Waals surface area (Å²) in [6.07, 6.45) is 1.45. The number of fused-ring (bicyclic) bond motifs is 1. The maximum absolute atomic E-state index is 12.7. The summed E-state index contributed by atoms with van der Waals surface area (Å²) < 4.78 is 11.1. The highest BCUT2D eigenvalue weighted by atomic mass is 16.6. The maximum atomic E-state index is 12.7. The van der Waals surface area contributed by atoms with Crippen LogP contribution in [0.15, 0.2) is 42.2 Å². The number of non-ortho nitro benzene ring substituents is 1. The van der Waals surface area contributed by atoms with E-state index in [2.05, 4.69) is 0 Å². The van der Waals surface area contributed by atoms with Crippen molar-refractivity contribution >= 4 is 23.5 Å². The standard InChI is InChI=1S/C21H19NO6/c1-12-8-15(27-20(24)21(2,3)4)11-16-18(12)19(23)17(28-16)10-13-6-5-7-14(9-13)22(25)26/h5-11H,1-4H3/b17-10-. The van der Waals surface area contributed by atoms with Gasteiger partial charge < -0.3 is 9.47 Å². The summed E-state index contributed by atoms with van der Waals surface area (Å²) >= 11 is 0. The molecule has 28 heavy (non-hydrogen) atoms. The molecule has 0 fully saturated rings. The minimum atomic E-state index is -0.670. The van der Waals surface area contributed by atoms with E-state index < -0.39 is 16.3 Å². The zero-order valence-electron chi connectivity index (χ0n) is 15.9. The molecule has 0 saturated carbocycles. The number of carbonyl (C=O) groups excluding carboxylic acids is 2. The van der Waals surface area contributed by atoms with Gasteiger partial charge in [-0.15, -0.1) is 0 Å². The number of ether oxygens (including phenoxy) is 2. The molecule has 0 N–H and O–H groups in total. The van der Waals surface area contributed by atoms with Crippen molar-refractivity contribution in [1.82, 2.24) is 0 Å². The van der Waals surface area contributed by atoms with E-state index in [1.54, 1.807) is 39.8 Å². The molecular weight excluding hydrogens is 362 g/mol. The van der Waals surface area contributed by atoms with Crippen LogP contribution in [0.5, 0.6) is 11.5 Å². The largest absolute Gasteiger partial charge is 0.452 e. The van der Waals surface area contributed by atoms with Crippen LogP contribution in [0.3, 0.4) is 0 Å². The fourth-order valence-electron chi connectivity index (χ4n) is 2.68. The Morgan fingerprint density at radius 1 is 1.21 bits per heavy atom. The van der Waals surface area contributed by atoms with Gasteiger partial charge in [-0.25, -0.2) is 0 Å². The SMILES string of the molecule is Cc1cc(OC(=O)C(C)(C)C)cc2c1C(=O)/C(=C/c1cccc([N+](=O)[O-])c1)O2. The van der Waals surface area contributed by atoms with Gasteiger partial charge in [0.25, 0.3) is 5.69 Å². The van der Waals surface area contributed by atoms with Gasteiger partial charge in [-0.3, -0.25) is 19.7 Å². The molecule has 0 aliphatic carbocycles. The molecule has 0 spiro atoms. The van der Waals surface area contributed by atoms with Crippen molar-refractivity contribution in [3.05, 3.63) is 69.0 Å². The molecule has 144 valence electrons. The van der Waals surface area contributed by atoms with Crippen molar-refractivity contribution in [2.24, 2.45) is 5.41 Å². The number of aryl methyl sites for hydroxylation is 1. The summed E-state index contributed by atoms with van der Waals surface area (Å²) in [7, 11) is 0. The summed E-state index contributed by atoms with van der Waals surface area (Å²) in [6.45, 7) is 6.96. The number of nitro benzene ring substituents is 1. The second kappa shape index (κ2) is 6.92. The molecule has 7 nitrogen and oxygen atoms in total. The van der Waals surface area contributed by atoms with Crippen LogP contribution in [0.2, 0.25) is 0 Å². The van der Waals surface area contributed by atoms with Crippen LogP contribution in [-0.2, 0) is 4.79 Å². The molecule has 3 rings (SSSR count). The van der Waals surface area contributed by atoms with E-state index in [4.69, 9.17) is 9.47 Å². The highest BCUT2D eigenvalue weighted by Gasteiger charge is 2.31. The molecule has 0 saturated heterocycles. The van der Waals surface area contributed by atoms with Gasteiger partial charge in [0.1, 0.15) is 11.5 Å². The van der Waals surface area contributed by atoms with Crippen LogP contribution < -0.4 is 9.47 Å². The summed E-state index contributed by atoms with van der Waals surface area (Å²) in [6, 6.07) is 9.01. The zero-order valence-corrected chi connectivity index (χ0v) is 15.9. The van der Waals surface area contributed by atoms with Gasteiger partial charge in [-0.2, -0.15) is 0 Å². The predicted molar refractivity (Wildman–Crippen MR) is 102 cm³/mol. The van der Waals surface area contributed by atoms with E-state index in [1.807, 2.05) is 0 Å². The molecule has 1 aliphatic heterocycles. The number of Topliss-reactive ketones (excluding diaryl/α,β-unsaturated/α-hetero) is 1. The van der Waals surface area contributed by atoms with Gasteiger partial charge in [0.2, 0.25) is 5.78 Å². The first-order valence-electron chi connectivity index (χ1n) is 8.62. The van der Waals surface area contributed by atoms with E-state index in [1.165, 1.54) is 30.3 Å². The fourth-order valence-corrected chi connectivity index (χ4v) is 2.68.